The van der Waals surface area contributed by atoms with Crippen LogP contribution in [0.5, 0.6) is 0 Å². The first-order valence-electron chi connectivity index (χ1n) is 3.84. The smallest absolute Gasteiger partial charge is 0.107 e. The van der Waals surface area contributed by atoms with Gasteiger partial charge in [0.2, 0.25) is 0 Å². The molecule has 1 nitrogen and oxygen atoms in total. The molecule has 0 fully saturated rings. The van der Waals surface area contributed by atoms with Crippen molar-refractivity contribution in [1.82, 2.24) is 4.98 Å². The third-order valence-corrected chi connectivity index (χ3v) is 4.87. The van der Waals surface area contributed by atoms with E-state index in [9.17, 15) is 0 Å². The summed E-state index contributed by atoms with van der Waals surface area (Å²) in [4.78, 5) is 4.34. The molecule has 0 N–H and O–H groups in total. The highest BCUT2D eigenvalue weighted by Crippen LogP contribution is 2.42. The fourth-order valence-electron chi connectivity index (χ4n) is 0.916. The minimum absolute atomic E-state index is 0.556. The summed E-state index contributed by atoms with van der Waals surface area (Å²) in [6.45, 7) is 4.49. The zero-order valence-electron chi connectivity index (χ0n) is 7.48. The van der Waals surface area contributed by atoms with Crippen molar-refractivity contribution < 1.29 is 0 Å². The molecule has 0 aromatic carbocycles. The van der Waals surface area contributed by atoms with Crippen LogP contribution in [0.25, 0.3) is 0 Å². The van der Waals surface area contributed by atoms with Crippen LogP contribution in [0.15, 0.2) is 11.6 Å². The van der Waals surface area contributed by atoms with Gasteiger partial charge in [0.15, 0.2) is 0 Å². The number of thiazole rings is 1. The van der Waals surface area contributed by atoms with Crippen molar-refractivity contribution in [2.24, 2.45) is 5.92 Å². The molecule has 12 heavy (non-hydrogen) atoms. The van der Waals surface area contributed by atoms with Crippen molar-refractivity contribution in [2.45, 2.75) is 19.1 Å². The topological polar surface area (TPSA) is 12.9 Å². The summed E-state index contributed by atoms with van der Waals surface area (Å²) in [5, 5.41) is 3.86. The summed E-state index contributed by atoms with van der Waals surface area (Å²) in [5.41, 5.74) is 0. The molecule has 0 spiro atoms. The summed E-state index contributed by atoms with van der Waals surface area (Å²) in [6, 6.07) is 0. The molecule has 1 atom stereocenters. The van der Waals surface area contributed by atoms with E-state index in [1.165, 1.54) is 5.01 Å². The van der Waals surface area contributed by atoms with E-state index in [1.807, 2.05) is 33.2 Å². The summed E-state index contributed by atoms with van der Waals surface area (Å²) >= 11 is 1.75. The molecule has 0 aliphatic carbocycles. The van der Waals surface area contributed by atoms with Crippen LogP contribution in [-0.4, -0.2) is 11.2 Å². The lowest BCUT2D eigenvalue weighted by molar-refractivity contribution is 0.632. The standard InChI is InChI=1S/C8H13NS3/c1-6(2)7(12-10-3)8-9-4-5-11-8/h4-7H,1-3H3. The Hall–Kier alpha value is 0.330. The number of hydrogen-bond donors (Lipinski definition) is 0. The Morgan fingerprint density at radius 2 is 2.25 bits per heavy atom. The van der Waals surface area contributed by atoms with Gasteiger partial charge in [0.25, 0.3) is 0 Å². The maximum absolute atomic E-state index is 4.34. The van der Waals surface area contributed by atoms with Crippen molar-refractivity contribution >= 4 is 32.9 Å². The Balaban J connectivity index is 2.66. The molecule has 0 aliphatic heterocycles. The molecule has 4 heteroatoms. The summed E-state index contributed by atoms with van der Waals surface area (Å²) in [6.07, 6.45) is 4.00. The van der Waals surface area contributed by atoms with Crippen molar-refractivity contribution in [3.05, 3.63) is 16.6 Å². The third kappa shape index (κ3) is 2.68. The van der Waals surface area contributed by atoms with Gasteiger partial charge in [-0.2, -0.15) is 0 Å². The average Bonchev–Trinajstić information content (AvgIpc) is 2.51. The normalized spacial score (nSPS) is 13.7. The lowest BCUT2D eigenvalue weighted by Gasteiger charge is -2.15. The van der Waals surface area contributed by atoms with Crippen molar-refractivity contribution in [3.63, 3.8) is 0 Å². The molecule has 0 saturated heterocycles. The van der Waals surface area contributed by atoms with E-state index < -0.39 is 0 Å². The van der Waals surface area contributed by atoms with E-state index in [-0.39, 0.29) is 0 Å². The maximum Gasteiger partial charge on any atom is 0.107 e. The molecule has 0 amide bonds. The highest BCUT2D eigenvalue weighted by atomic mass is 33.1. The van der Waals surface area contributed by atoms with E-state index >= 15 is 0 Å². The van der Waals surface area contributed by atoms with Crippen LogP contribution in [0.2, 0.25) is 0 Å². The van der Waals surface area contributed by atoms with Gasteiger partial charge >= 0.3 is 0 Å². The first-order valence-corrected chi connectivity index (χ1v) is 7.34. The largest absolute Gasteiger partial charge is 0.248 e. The van der Waals surface area contributed by atoms with Gasteiger partial charge in [0.05, 0.1) is 5.25 Å². The van der Waals surface area contributed by atoms with E-state index in [0.717, 1.165) is 0 Å². The minimum Gasteiger partial charge on any atom is -0.248 e. The molecule has 68 valence electrons. The Morgan fingerprint density at radius 1 is 1.50 bits per heavy atom. The van der Waals surface area contributed by atoms with Gasteiger partial charge in [0.1, 0.15) is 5.01 Å². The van der Waals surface area contributed by atoms with Gasteiger partial charge in [0, 0.05) is 11.6 Å². The second kappa shape index (κ2) is 5.14. The van der Waals surface area contributed by atoms with Crippen LogP contribution in [-0.2, 0) is 0 Å². The fraction of sp³-hybridized carbons (Fsp3) is 0.625. The number of nitrogens with zero attached hydrogens (tertiary/aromatic N) is 1. The van der Waals surface area contributed by atoms with E-state index in [1.54, 1.807) is 11.3 Å². The molecular weight excluding hydrogens is 206 g/mol. The lowest BCUT2D eigenvalue weighted by Crippen LogP contribution is -2.00. The van der Waals surface area contributed by atoms with Crippen molar-refractivity contribution in [2.75, 3.05) is 6.26 Å². The molecule has 1 aromatic heterocycles. The van der Waals surface area contributed by atoms with Crippen LogP contribution < -0.4 is 0 Å². The Labute approximate surface area is 85.8 Å². The molecule has 0 radical (unpaired) electrons. The highest BCUT2D eigenvalue weighted by molar-refractivity contribution is 8.76. The second-order valence-electron chi connectivity index (χ2n) is 2.80. The SMILES string of the molecule is CSSC(c1nccs1)C(C)C. The van der Waals surface area contributed by atoms with Gasteiger partial charge in [-0.3, -0.25) is 0 Å². The van der Waals surface area contributed by atoms with Gasteiger partial charge < -0.3 is 0 Å². The molecule has 0 saturated carbocycles. The van der Waals surface area contributed by atoms with Crippen molar-refractivity contribution in [1.29, 1.82) is 0 Å². The Bertz CT molecular complexity index is 208. The van der Waals surface area contributed by atoms with Gasteiger partial charge in [-0.05, 0) is 12.2 Å². The summed E-state index contributed by atoms with van der Waals surface area (Å²) in [5.74, 6) is 0.661. The van der Waals surface area contributed by atoms with Gasteiger partial charge in [-0.25, -0.2) is 4.98 Å². The van der Waals surface area contributed by atoms with Crippen molar-refractivity contribution in [3.8, 4) is 0 Å². The monoisotopic (exact) mass is 219 g/mol. The average molecular weight is 219 g/mol. The predicted octanol–water partition coefficient (Wildman–Crippen LogP) is 3.85. The first-order chi connectivity index (χ1) is 5.75. The molecule has 1 aromatic rings. The molecule has 0 bridgehead atoms. The Kier molecular flexibility index (Phi) is 4.46. The van der Waals surface area contributed by atoms with E-state index in [4.69, 9.17) is 0 Å². The van der Waals surface area contributed by atoms with E-state index in [0.29, 0.717) is 11.2 Å². The first kappa shape index (κ1) is 10.4. The lowest BCUT2D eigenvalue weighted by atomic mass is 10.1. The van der Waals surface area contributed by atoms with Crippen LogP contribution in [0.3, 0.4) is 0 Å². The Morgan fingerprint density at radius 3 is 2.67 bits per heavy atom. The van der Waals surface area contributed by atoms with E-state index in [2.05, 4.69) is 25.1 Å². The second-order valence-corrected chi connectivity index (χ2v) is 6.33. The third-order valence-electron chi connectivity index (χ3n) is 1.50. The maximum atomic E-state index is 4.34. The summed E-state index contributed by atoms with van der Waals surface area (Å²) < 4.78 is 0. The summed E-state index contributed by atoms with van der Waals surface area (Å²) in [7, 11) is 3.73. The zero-order chi connectivity index (χ0) is 8.97. The molecule has 1 heterocycles. The number of aromatic nitrogens is 1. The van der Waals surface area contributed by atoms with Crippen LogP contribution in [0, 0.1) is 5.92 Å². The molecule has 1 unspecified atom stereocenters. The molecule has 1 rings (SSSR count). The van der Waals surface area contributed by atoms with Crippen LogP contribution in [0.1, 0.15) is 24.1 Å². The fourth-order valence-corrected chi connectivity index (χ4v) is 4.33. The number of hydrogen-bond acceptors (Lipinski definition) is 4. The van der Waals surface area contributed by atoms with Crippen LogP contribution in [0.4, 0.5) is 0 Å². The van der Waals surface area contributed by atoms with Crippen LogP contribution >= 0.6 is 32.9 Å². The highest BCUT2D eigenvalue weighted by Gasteiger charge is 2.18. The minimum atomic E-state index is 0.556. The molecular formula is C8H13NS3. The van der Waals surface area contributed by atoms with Gasteiger partial charge in [-0.15, -0.1) is 11.3 Å². The quantitative estimate of drug-likeness (QED) is 0.714. The van der Waals surface area contributed by atoms with Gasteiger partial charge in [-0.1, -0.05) is 35.4 Å². The number of rotatable bonds is 4. The predicted molar refractivity (Wildman–Crippen MR) is 60.8 cm³/mol. The zero-order valence-corrected chi connectivity index (χ0v) is 9.93. The molecule has 0 aliphatic rings.